The molecule has 2 N–H and O–H groups in total. The number of methoxy groups -OCH3 is 1. The van der Waals surface area contributed by atoms with Gasteiger partial charge in [-0.1, -0.05) is 11.6 Å². The molecule has 0 aliphatic carbocycles. The van der Waals surface area contributed by atoms with E-state index in [0.29, 0.717) is 22.8 Å². The Morgan fingerprint density at radius 1 is 1.29 bits per heavy atom. The van der Waals surface area contributed by atoms with E-state index in [9.17, 15) is 18.0 Å². The second-order valence-electron chi connectivity index (χ2n) is 5.70. The van der Waals surface area contributed by atoms with Crippen molar-refractivity contribution in [3.63, 3.8) is 0 Å². The van der Waals surface area contributed by atoms with Gasteiger partial charge in [0, 0.05) is 17.0 Å². The Morgan fingerprint density at radius 2 is 2.00 bits per heavy atom. The van der Waals surface area contributed by atoms with E-state index >= 15 is 0 Å². The third-order valence-corrected chi connectivity index (χ3v) is 5.81. The van der Waals surface area contributed by atoms with Crippen molar-refractivity contribution in [2.24, 2.45) is 5.92 Å². The average molecular weight is 375 g/mol. The summed E-state index contributed by atoms with van der Waals surface area (Å²) in [6.07, 6.45) is 0.533. The fourth-order valence-corrected chi connectivity index (χ4v) is 4.64. The Morgan fingerprint density at radius 3 is 2.62 bits per heavy atom. The SMILES string of the molecule is COc1ccc(Cl)cc1CC(=O)NNC(=O)C[C@H]1CCS(=O)(=O)C1. The van der Waals surface area contributed by atoms with Crippen molar-refractivity contribution in [1.82, 2.24) is 10.9 Å². The highest BCUT2D eigenvalue weighted by molar-refractivity contribution is 7.91. The highest BCUT2D eigenvalue weighted by Gasteiger charge is 2.29. The molecule has 1 aromatic carbocycles. The van der Waals surface area contributed by atoms with E-state index < -0.39 is 21.7 Å². The summed E-state index contributed by atoms with van der Waals surface area (Å²) in [7, 11) is -1.53. The first-order valence-electron chi connectivity index (χ1n) is 7.39. The number of amides is 2. The van der Waals surface area contributed by atoms with Gasteiger partial charge in [0.25, 0.3) is 0 Å². The molecule has 0 radical (unpaired) electrons. The Balaban J connectivity index is 1.81. The van der Waals surface area contributed by atoms with Gasteiger partial charge in [0.05, 0.1) is 25.0 Å². The lowest BCUT2D eigenvalue weighted by Gasteiger charge is -2.11. The summed E-state index contributed by atoms with van der Waals surface area (Å²) in [4.78, 5) is 23.7. The zero-order valence-electron chi connectivity index (χ0n) is 13.2. The molecule has 1 saturated heterocycles. The number of sulfone groups is 1. The van der Waals surface area contributed by atoms with Crippen molar-refractivity contribution in [1.29, 1.82) is 0 Å². The van der Waals surface area contributed by atoms with Gasteiger partial charge >= 0.3 is 0 Å². The predicted octanol–water partition coefficient (Wildman–Crippen LogP) is 0.863. The van der Waals surface area contributed by atoms with Crippen LogP contribution in [0.25, 0.3) is 0 Å². The molecule has 1 aliphatic heterocycles. The quantitative estimate of drug-likeness (QED) is 0.744. The maximum atomic E-state index is 11.9. The summed E-state index contributed by atoms with van der Waals surface area (Å²) in [5.41, 5.74) is 5.21. The van der Waals surface area contributed by atoms with Gasteiger partial charge in [0.2, 0.25) is 11.8 Å². The number of ether oxygens (including phenoxy) is 1. The number of hydrogen-bond donors (Lipinski definition) is 2. The molecule has 0 unspecified atom stereocenters. The minimum Gasteiger partial charge on any atom is -0.496 e. The summed E-state index contributed by atoms with van der Waals surface area (Å²) in [5.74, 6) is -0.372. The lowest BCUT2D eigenvalue weighted by molar-refractivity contribution is -0.129. The van der Waals surface area contributed by atoms with Crippen LogP contribution >= 0.6 is 11.6 Å². The highest BCUT2D eigenvalue weighted by atomic mass is 35.5. The maximum Gasteiger partial charge on any atom is 0.242 e. The van der Waals surface area contributed by atoms with Gasteiger partial charge in [-0.2, -0.15) is 0 Å². The van der Waals surface area contributed by atoms with E-state index in [-0.39, 0.29) is 30.3 Å². The number of carbonyl (C=O) groups excluding carboxylic acids is 2. The van der Waals surface area contributed by atoms with Gasteiger partial charge in [-0.15, -0.1) is 0 Å². The topological polar surface area (TPSA) is 102 Å². The molecule has 1 aliphatic rings. The van der Waals surface area contributed by atoms with E-state index in [1.54, 1.807) is 18.2 Å². The molecular weight excluding hydrogens is 356 g/mol. The summed E-state index contributed by atoms with van der Waals surface area (Å²) >= 11 is 5.90. The third-order valence-electron chi connectivity index (χ3n) is 3.74. The molecule has 2 amide bonds. The minimum absolute atomic E-state index is 0.0121. The van der Waals surface area contributed by atoms with Crippen molar-refractivity contribution in [3.05, 3.63) is 28.8 Å². The molecule has 1 aromatic rings. The van der Waals surface area contributed by atoms with E-state index in [1.165, 1.54) is 7.11 Å². The van der Waals surface area contributed by atoms with Crippen LogP contribution in [0, 0.1) is 5.92 Å². The molecule has 1 heterocycles. The molecule has 1 atom stereocenters. The van der Waals surface area contributed by atoms with E-state index in [0.717, 1.165) is 0 Å². The molecule has 0 bridgehead atoms. The zero-order valence-corrected chi connectivity index (χ0v) is 14.7. The second-order valence-corrected chi connectivity index (χ2v) is 8.37. The largest absolute Gasteiger partial charge is 0.496 e. The Bertz CT molecular complexity index is 735. The number of benzene rings is 1. The number of carbonyl (C=O) groups is 2. The molecule has 2 rings (SSSR count). The normalized spacial score (nSPS) is 18.8. The maximum absolute atomic E-state index is 11.9. The first kappa shape index (κ1) is 18.5. The van der Waals surface area contributed by atoms with Crippen molar-refractivity contribution in [2.75, 3.05) is 18.6 Å². The van der Waals surface area contributed by atoms with Gasteiger partial charge in [0.15, 0.2) is 9.84 Å². The summed E-state index contributed by atoms with van der Waals surface area (Å²) in [6.45, 7) is 0. The summed E-state index contributed by atoms with van der Waals surface area (Å²) in [5, 5.41) is 0.477. The van der Waals surface area contributed by atoms with Crippen LogP contribution in [0.15, 0.2) is 18.2 Å². The van der Waals surface area contributed by atoms with Crippen molar-refractivity contribution >= 4 is 33.3 Å². The first-order chi connectivity index (χ1) is 11.3. The second kappa shape index (κ2) is 7.85. The fourth-order valence-electron chi connectivity index (χ4n) is 2.59. The van der Waals surface area contributed by atoms with E-state index in [1.807, 2.05) is 0 Å². The molecule has 9 heteroatoms. The molecule has 0 aromatic heterocycles. The van der Waals surface area contributed by atoms with Gasteiger partial charge < -0.3 is 4.74 Å². The third kappa shape index (κ3) is 5.38. The summed E-state index contributed by atoms with van der Waals surface area (Å²) < 4.78 is 27.9. The van der Waals surface area contributed by atoms with Crippen LogP contribution in [0.1, 0.15) is 18.4 Å². The van der Waals surface area contributed by atoms with Gasteiger partial charge in [-0.3, -0.25) is 20.4 Å². The van der Waals surface area contributed by atoms with Crippen LogP contribution < -0.4 is 15.6 Å². The fraction of sp³-hybridized carbons (Fsp3) is 0.467. The first-order valence-corrected chi connectivity index (χ1v) is 9.59. The van der Waals surface area contributed by atoms with Gasteiger partial charge in [-0.05, 0) is 30.5 Å². The lowest BCUT2D eigenvalue weighted by Crippen LogP contribution is -2.43. The molecule has 0 saturated carbocycles. The van der Waals surface area contributed by atoms with E-state index in [4.69, 9.17) is 16.3 Å². The number of hydrazine groups is 1. The van der Waals surface area contributed by atoms with Crippen LogP contribution in [-0.2, 0) is 25.8 Å². The van der Waals surface area contributed by atoms with Gasteiger partial charge in [0.1, 0.15) is 5.75 Å². The number of nitrogens with one attached hydrogen (secondary N) is 2. The van der Waals surface area contributed by atoms with Crippen LogP contribution in [0.5, 0.6) is 5.75 Å². The highest BCUT2D eigenvalue weighted by Crippen LogP contribution is 2.23. The van der Waals surface area contributed by atoms with Crippen molar-refractivity contribution in [3.8, 4) is 5.75 Å². The number of halogens is 1. The Hall–Kier alpha value is -1.80. The van der Waals surface area contributed by atoms with Crippen LogP contribution in [0.4, 0.5) is 0 Å². The smallest absolute Gasteiger partial charge is 0.242 e. The number of rotatable bonds is 5. The minimum atomic E-state index is -3.02. The molecule has 24 heavy (non-hydrogen) atoms. The molecule has 7 nitrogen and oxygen atoms in total. The standard InChI is InChI=1S/C15H19ClN2O5S/c1-23-13-3-2-12(16)7-11(13)8-15(20)18-17-14(19)6-10-4-5-24(21,22)9-10/h2-3,7,10H,4-6,8-9H2,1H3,(H,17,19)(H,18,20)/t10-/m1/s1. The van der Waals surface area contributed by atoms with E-state index in [2.05, 4.69) is 10.9 Å². The zero-order chi connectivity index (χ0) is 17.7. The Labute approximate surface area is 145 Å². The van der Waals surface area contributed by atoms with Crippen molar-refractivity contribution < 1.29 is 22.7 Å². The average Bonchev–Trinajstić information content (AvgIpc) is 2.84. The summed E-state index contributed by atoms with van der Waals surface area (Å²) in [6, 6.07) is 4.93. The molecule has 0 spiro atoms. The van der Waals surface area contributed by atoms with Gasteiger partial charge in [-0.25, -0.2) is 8.42 Å². The van der Waals surface area contributed by atoms with Crippen LogP contribution in [-0.4, -0.2) is 38.8 Å². The lowest BCUT2D eigenvalue weighted by atomic mass is 10.1. The molecule has 1 fully saturated rings. The van der Waals surface area contributed by atoms with Crippen LogP contribution in [0.2, 0.25) is 5.02 Å². The predicted molar refractivity (Wildman–Crippen MR) is 89.4 cm³/mol. The van der Waals surface area contributed by atoms with Crippen LogP contribution in [0.3, 0.4) is 0 Å². The molecule has 132 valence electrons. The molecular formula is C15H19ClN2O5S. The Kier molecular flexibility index (Phi) is 6.06. The monoisotopic (exact) mass is 374 g/mol. The van der Waals surface area contributed by atoms with Crippen molar-refractivity contribution in [2.45, 2.75) is 19.3 Å². The number of hydrogen-bond acceptors (Lipinski definition) is 5.